The Hall–Kier alpha value is -1.40. The van der Waals surface area contributed by atoms with E-state index in [0.29, 0.717) is 10.7 Å². The molecule has 0 aromatic heterocycles. The fourth-order valence-corrected chi connectivity index (χ4v) is 1.64. The molecule has 0 aliphatic rings. The number of rotatable bonds is 4. The van der Waals surface area contributed by atoms with E-state index in [1.165, 1.54) is 0 Å². The molecule has 0 fully saturated rings. The molecule has 0 aliphatic heterocycles. The highest BCUT2D eigenvalue weighted by Crippen LogP contribution is 2.27. The maximum absolute atomic E-state index is 8.96. The van der Waals surface area contributed by atoms with Crippen LogP contribution in [0.15, 0.2) is 18.2 Å². The molecule has 0 amide bonds. The summed E-state index contributed by atoms with van der Waals surface area (Å²) < 4.78 is 0. The molecule has 3 nitrogen and oxygen atoms in total. The molecule has 17 heavy (non-hydrogen) atoms. The number of nitrogens with two attached hydrogens (primary N) is 1. The lowest BCUT2D eigenvalue weighted by molar-refractivity contribution is 0.455. The zero-order chi connectivity index (χ0) is 13.1. The minimum absolute atomic E-state index is 0.318. The van der Waals surface area contributed by atoms with Crippen molar-refractivity contribution in [2.24, 2.45) is 5.41 Å². The van der Waals surface area contributed by atoms with Gasteiger partial charge in [0, 0.05) is 18.6 Å². The van der Waals surface area contributed by atoms with Crippen LogP contribution in [0.3, 0.4) is 0 Å². The van der Waals surface area contributed by atoms with E-state index in [-0.39, 0.29) is 5.41 Å². The third-order valence-corrected chi connectivity index (χ3v) is 3.01. The zero-order valence-corrected chi connectivity index (χ0v) is 11.3. The number of hydrogen-bond acceptors (Lipinski definition) is 3. The van der Waals surface area contributed by atoms with E-state index in [2.05, 4.69) is 6.07 Å². The highest BCUT2D eigenvalue weighted by molar-refractivity contribution is 6.31. The Labute approximate surface area is 108 Å². The molecule has 0 saturated carbocycles. The Morgan fingerprint density at radius 3 is 2.71 bits per heavy atom. The standard InChI is InChI=1S/C13H18ClN3/c1-13(2,9-15)6-7-17(3)12-8-10(14)4-5-11(12)16/h4-5,8H,6-7,16H2,1-3H3. The maximum atomic E-state index is 8.96. The van der Waals surface area contributed by atoms with Crippen LogP contribution < -0.4 is 10.6 Å². The van der Waals surface area contributed by atoms with Gasteiger partial charge < -0.3 is 10.6 Å². The molecule has 4 heteroatoms. The highest BCUT2D eigenvalue weighted by Gasteiger charge is 2.17. The van der Waals surface area contributed by atoms with Gasteiger partial charge in [0.25, 0.3) is 0 Å². The molecule has 2 N–H and O–H groups in total. The van der Waals surface area contributed by atoms with Crippen molar-refractivity contribution in [2.45, 2.75) is 20.3 Å². The number of nitrogens with zero attached hydrogens (tertiary/aromatic N) is 2. The van der Waals surface area contributed by atoms with Gasteiger partial charge in [-0.25, -0.2) is 0 Å². The van der Waals surface area contributed by atoms with Gasteiger partial charge in [0.15, 0.2) is 0 Å². The van der Waals surface area contributed by atoms with Crippen LogP contribution in [-0.4, -0.2) is 13.6 Å². The van der Waals surface area contributed by atoms with E-state index in [1.54, 1.807) is 12.1 Å². The minimum Gasteiger partial charge on any atom is -0.397 e. The smallest absolute Gasteiger partial charge is 0.0684 e. The van der Waals surface area contributed by atoms with Crippen molar-refractivity contribution in [3.05, 3.63) is 23.2 Å². The monoisotopic (exact) mass is 251 g/mol. The first-order valence-corrected chi connectivity index (χ1v) is 5.91. The molecule has 0 atom stereocenters. The van der Waals surface area contributed by atoms with Crippen LogP contribution in [0.1, 0.15) is 20.3 Å². The first-order valence-electron chi connectivity index (χ1n) is 5.53. The van der Waals surface area contributed by atoms with Crippen molar-refractivity contribution < 1.29 is 0 Å². The Morgan fingerprint density at radius 2 is 2.12 bits per heavy atom. The molecule has 0 heterocycles. The molecule has 0 bridgehead atoms. The number of nitrogen functional groups attached to an aromatic ring is 1. The zero-order valence-electron chi connectivity index (χ0n) is 10.5. The van der Waals surface area contributed by atoms with Crippen LogP contribution >= 0.6 is 11.6 Å². The van der Waals surface area contributed by atoms with Gasteiger partial charge in [-0.3, -0.25) is 0 Å². The fraction of sp³-hybridized carbons (Fsp3) is 0.462. The number of hydrogen-bond donors (Lipinski definition) is 1. The molecule has 0 radical (unpaired) electrons. The van der Waals surface area contributed by atoms with Crippen molar-refractivity contribution in [3.8, 4) is 6.07 Å². The summed E-state index contributed by atoms with van der Waals surface area (Å²) in [6.45, 7) is 4.63. The molecule has 1 aromatic carbocycles. The molecule has 1 aromatic rings. The first-order chi connectivity index (χ1) is 7.85. The van der Waals surface area contributed by atoms with Gasteiger partial charge in [-0.2, -0.15) is 5.26 Å². The summed E-state index contributed by atoms with van der Waals surface area (Å²) in [5.74, 6) is 0. The average molecular weight is 252 g/mol. The average Bonchev–Trinajstić information content (AvgIpc) is 2.29. The SMILES string of the molecule is CN(CCC(C)(C)C#N)c1cc(Cl)ccc1N. The molecular formula is C13H18ClN3. The summed E-state index contributed by atoms with van der Waals surface area (Å²) in [6.07, 6.45) is 0.784. The van der Waals surface area contributed by atoms with E-state index >= 15 is 0 Å². The van der Waals surface area contributed by atoms with E-state index in [9.17, 15) is 0 Å². The van der Waals surface area contributed by atoms with E-state index in [4.69, 9.17) is 22.6 Å². The topological polar surface area (TPSA) is 53.0 Å². The largest absolute Gasteiger partial charge is 0.397 e. The van der Waals surface area contributed by atoms with Gasteiger partial charge in [-0.15, -0.1) is 0 Å². The van der Waals surface area contributed by atoms with Crippen molar-refractivity contribution in [3.63, 3.8) is 0 Å². The van der Waals surface area contributed by atoms with E-state index in [0.717, 1.165) is 18.7 Å². The van der Waals surface area contributed by atoms with Gasteiger partial charge >= 0.3 is 0 Å². The van der Waals surface area contributed by atoms with Crippen LogP contribution in [0.25, 0.3) is 0 Å². The molecule has 0 unspecified atom stereocenters. The Bertz CT molecular complexity index is 435. The predicted octanol–water partition coefficient (Wildman–Crippen LogP) is 3.30. The van der Waals surface area contributed by atoms with Gasteiger partial charge in [0.2, 0.25) is 0 Å². The maximum Gasteiger partial charge on any atom is 0.0684 e. The fourth-order valence-electron chi connectivity index (χ4n) is 1.47. The highest BCUT2D eigenvalue weighted by atomic mass is 35.5. The first kappa shape index (κ1) is 13.7. The number of nitriles is 1. The van der Waals surface area contributed by atoms with Gasteiger partial charge in [0.05, 0.1) is 22.9 Å². The van der Waals surface area contributed by atoms with Crippen molar-refractivity contribution >= 4 is 23.0 Å². The minimum atomic E-state index is -0.318. The lowest BCUT2D eigenvalue weighted by Crippen LogP contribution is -2.24. The summed E-state index contributed by atoms with van der Waals surface area (Å²) >= 11 is 5.94. The van der Waals surface area contributed by atoms with Gasteiger partial charge in [-0.05, 0) is 38.5 Å². The van der Waals surface area contributed by atoms with E-state index in [1.807, 2.05) is 31.9 Å². The Morgan fingerprint density at radius 1 is 1.47 bits per heavy atom. The second kappa shape index (κ2) is 5.29. The van der Waals surface area contributed by atoms with Gasteiger partial charge in [-0.1, -0.05) is 11.6 Å². The third kappa shape index (κ3) is 3.83. The molecule has 92 valence electrons. The summed E-state index contributed by atoms with van der Waals surface area (Å²) in [5.41, 5.74) is 7.19. The van der Waals surface area contributed by atoms with Crippen LogP contribution in [0.5, 0.6) is 0 Å². The Kier molecular flexibility index (Phi) is 4.25. The summed E-state index contributed by atoms with van der Waals surface area (Å²) in [7, 11) is 1.95. The number of halogens is 1. The van der Waals surface area contributed by atoms with Crippen LogP contribution in [0.4, 0.5) is 11.4 Å². The molecular weight excluding hydrogens is 234 g/mol. The van der Waals surface area contributed by atoms with Crippen LogP contribution in [0, 0.1) is 16.7 Å². The van der Waals surface area contributed by atoms with E-state index < -0.39 is 0 Å². The number of benzene rings is 1. The van der Waals surface area contributed by atoms with Crippen molar-refractivity contribution in [1.82, 2.24) is 0 Å². The number of anilines is 2. The van der Waals surface area contributed by atoms with Crippen molar-refractivity contribution in [2.75, 3.05) is 24.2 Å². The molecule has 0 aliphatic carbocycles. The molecule has 1 rings (SSSR count). The quantitative estimate of drug-likeness (QED) is 0.836. The van der Waals surface area contributed by atoms with Crippen LogP contribution in [0.2, 0.25) is 5.02 Å². The van der Waals surface area contributed by atoms with Crippen LogP contribution in [-0.2, 0) is 0 Å². The lowest BCUT2D eigenvalue weighted by atomic mass is 9.91. The normalized spacial score (nSPS) is 11.0. The molecule has 0 spiro atoms. The Balaban J connectivity index is 2.74. The summed E-state index contributed by atoms with van der Waals surface area (Å²) in [4.78, 5) is 2.03. The second-order valence-corrected chi connectivity index (χ2v) is 5.31. The third-order valence-electron chi connectivity index (χ3n) is 2.78. The summed E-state index contributed by atoms with van der Waals surface area (Å²) in [6, 6.07) is 7.70. The van der Waals surface area contributed by atoms with Gasteiger partial charge in [0.1, 0.15) is 0 Å². The summed E-state index contributed by atoms with van der Waals surface area (Å²) in [5, 5.41) is 9.63. The van der Waals surface area contributed by atoms with Crippen molar-refractivity contribution in [1.29, 1.82) is 5.26 Å². The molecule has 0 saturated heterocycles. The second-order valence-electron chi connectivity index (χ2n) is 4.87. The predicted molar refractivity (Wildman–Crippen MR) is 73.1 cm³/mol. The lowest BCUT2D eigenvalue weighted by Gasteiger charge is -2.24.